The first kappa shape index (κ1) is 19.4. The molecule has 2 saturated heterocycles. The SMILES string of the molecule is CC(=O)Nc1nc(C)c(C(=O)N2C[C@@H]3C[C@@]4(C)[C@H](CCCC[C@@H]24)N3C(C)=O)s1. The minimum absolute atomic E-state index is 0.0152. The van der Waals surface area contributed by atoms with Crippen LogP contribution in [0, 0.1) is 12.3 Å². The molecule has 3 amide bonds. The Hall–Kier alpha value is -1.96. The van der Waals surface area contributed by atoms with Crippen molar-refractivity contribution in [2.75, 3.05) is 11.9 Å². The maximum Gasteiger partial charge on any atom is 0.266 e. The van der Waals surface area contributed by atoms with Gasteiger partial charge in [-0.3, -0.25) is 14.4 Å². The molecule has 28 heavy (non-hydrogen) atoms. The molecule has 0 unspecified atom stereocenters. The fourth-order valence-corrected chi connectivity index (χ4v) is 6.76. The molecule has 1 saturated carbocycles. The summed E-state index contributed by atoms with van der Waals surface area (Å²) in [4.78, 5) is 46.3. The van der Waals surface area contributed by atoms with Crippen LogP contribution in [0.1, 0.15) is 68.2 Å². The van der Waals surface area contributed by atoms with Crippen LogP contribution in [0.3, 0.4) is 0 Å². The molecule has 1 aliphatic carbocycles. The number of piperidine rings is 1. The third-order valence-corrected chi connectivity index (χ3v) is 7.88. The Morgan fingerprint density at radius 3 is 2.50 bits per heavy atom. The first-order valence-corrected chi connectivity index (χ1v) is 10.9. The first-order chi connectivity index (χ1) is 13.2. The molecule has 1 N–H and O–H groups in total. The summed E-state index contributed by atoms with van der Waals surface area (Å²) in [6.07, 6.45) is 5.16. The number of hydrogen-bond acceptors (Lipinski definition) is 5. The number of rotatable bonds is 2. The number of hydrogen-bond donors (Lipinski definition) is 1. The molecule has 2 bridgehead atoms. The molecule has 1 aromatic heterocycles. The third kappa shape index (κ3) is 2.93. The standard InChI is InChI=1S/C20H28N4O3S/c1-11-17(28-19(21-11)22-12(2)25)18(27)23-10-14-9-20(4)15(23)7-5-6-8-16(20)24(14)13(3)26/h14-16H,5-10H2,1-4H3,(H,21,22,25)/t14-,15+,16-,20+/m0/s1. The minimum Gasteiger partial charge on any atom is -0.335 e. The number of aromatic nitrogens is 1. The van der Waals surface area contributed by atoms with Gasteiger partial charge in [0.15, 0.2) is 5.13 Å². The van der Waals surface area contributed by atoms with Crippen LogP contribution in [-0.2, 0) is 9.59 Å². The van der Waals surface area contributed by atoms with Gasteiger partial charge in [-0.15, -0.1) is 0 Å². The molecule has 152 valence electrons. The average Bonchev–Trinajstić information content (AvgIpc) is 3.01. The number of anilines is 1. The molecule has 7 nitrogen and oxygen atoms in total. The highest BCUT2D eigenvalue weighted by Crippen LogP contribution is 2.53. The van der Waals surface area contributed by atoms with E-state index in [1.54, 1.807) is 6.92 Å². The van der Waals surface area contributed by atoms with E-state index in [1.807, 2.05) is 11.8 Å². The fourth-order valence-electron chi connectivity index (χ4n) is 5.80. The zero-order valence-corrected chi connectivity index (χ0v) is 17.8. The van der Waals surface area contributed by atoms with Crippen LogP contribution in [0.25, 0.3) is 0 Å². The Labute approximate surface area is 169 Å². The molecular formula is C20H28N4O3S. The molecule has 8 heteroatoms. The monoisotopic (exact) mass is 404 g/mol. The van der Waals surface area contributed by atoms with Gasteiger partial charge in [-0.25, -0.2) is 4.98 Å². The maximum absolute atomic E-state index is 13.5. The largest absolute Gasteiger partial charge is 0.335 e. The fraction of sp³-hybridized carbons (Fsp3) is 0.700. The van der Waals surface area contributed by atoms with Gasteiger partial charge < -0.3 is 15.1 Å². The Morgan fingerprint density at radius 2 is 1.86 bits per heavy atom. The van der Waals surface area contributed by atoms with Gasteiger partial charge in [0.25, 0.3) is 5.91 Å². The van der Waals surface area contributed by atoms with E-state index in [1.165, 1.54) is 18.3 Å². The number of carbonyl (C=O) groups excluding carboxylic acids is 3. The van der Waals surface area contributed by atoms with Crippen LogP contribution < -0.4 is 5.32 Å². The Balaban J connectivity index is 1.69. The summed E-state index contributed by atoms with van der Waals surface area (Å²) in [5.41, 5.74) is 0.593. The lowest BCUT2D eigenvalue weighted by molar-refractivity contribution is -0.132. The van der Waals surface area contributed by atoms with Gasteiger partial charge in [-0.05, 0) is 26.2 Å². The van der Waals surface area contributed by atoms with Gasteiger partial charge >= 0.3 is 0 Å². The van der Waals surface area contributed by atoms with E-state index in [0.717, 1.165) is 32.1 Å². The second-order valence-electron chi connectivity index (χ2n) is 8.68. The minimum atomic E-state index is -0.194. The molecule has 3 aliphatic rings. The lowest BCUT2D eigenvalue weighted by Gasteiger charge is -2.46. The van der Waals surface area contributed by atoms with Gasteiger partial charge in [0.05, 0.1) is 11.7 Å². The molecule has 0 spiro atoms. The van der Waals surface area contributed by atoms with Gasteiger partial charge in [0, 0.05) is 37.9 Å². The van der Waals surface area contributed by atoms with Crippen molar-refractivity contribution in [2.45, 2.75) is 77.9 Å². The Bertz CT molecular complexity index is 837. The quantitative estimate of drug-likeness (QED) is 0.822. The van der Waals surface area contributed by atoms with Gasteiger partial charge in [0.2, 0.25) is 11.8 Å². The van der Waals surface area contributed by atoms with Crippen molar-refractivity contribution in [3.05, 3.63) is 10.6 Å². The molecule has 1 aromatic rings. The zero-order chi connectivity index (χ0) is 20.2. The second kappa shape index (κ2) is 6.83. The molecule has 4 atom stereocenters. The maximum atomic E-state index is 13.5. The van der Waals surface area contributed by atoms with Crippen molar-refractivity contribution in [1.29, 1.82) is 0 Å². The van der Waals surface area contributed by atoms with Crippen molar-refractivity contribution in [3.63, 3.8) is 0 Å². The summed E-state index contributed by atoms with van der Waals surface area (Å²) in [7, 11) is 0. The number of amides is 3. The summed E-state index contributed by atoms with van der Waals surface area (Å²) in [6, 6.07) is 0.449. The van der Waals surface area contributed by atoms with Crippen molar-refractivity contribution in [2.24, 2.45) is 5.41 Å². The Morgan fingerprint density at radius 1 is 1.18 bits per heavy atom. The highest BCUT2D eigenvalue weighted by molar-refractivity contribution is 7.17. The summed E-state index contributed by atoms with van der Waals surface area (Å²) >= 11 is 1.24. The summed E-state index contributed by atoms with van der Waals surface area (Å²) in [6.45, 7) is 7.76. The number of thiazole rings is 1. The lowest BCUT2D eigenvalue weighted by Crippen LogP contribution is -2.55. The highest BCUT2D eigenvalue weighted by Gasteiger charge is 2.60. The molecule has 3 fully saturated rings. The van der Waals surface area contributed by atoms with E-state index in [9.17, 15) is 14.4 Å². The number of carbonyl (C=O) groups is 3. The number of nitrogens with zero attached hydrogens (tertiary/aromatic N) is 3. The van der Waals surface area contributed by atoms with Crippen LogP contribution in [0.15, 0.2) is 0 Å². The van der Waals surface area contributed by atoms with E-state index < -0.39 is 0 Å². The van der Waals surface area contributed by atoms with E-state index in [0.29, 0.717) is 22.2 Å². The van der Waals surface area contributed by atoms with Crippen LogP contribution in [0.4, 0.5) is 5.13 Å². The summed E-state index contributed by atoms with van der Waals surface area (Å²) in [5, 5.41) is 3.14. The smallest absolute Gasteiger partial charge is 0.266 e. The average molecular weight is 405 g/mol. The number of aryl methyl sites for hydroxylation is 1. The molecule has 3 heterocycles. The highest BCUT2D eigenvalue weighted by atomic mass is 32.1. The number of nitrogens with one attached hydrogen (secondary N) is 1. The zero-order valence-electron chi connectivity index (χ0n) is 16.9. The van der Waals surface area contributed by atoms with E-state index in [4.69, 9.17) is 0 Å². The van der Waals surface area contributed by atoms with E-state index >= 15 is 0 Å². The van der Waals surface area contributed by atoms with Crippen molar-refractivity contribution in [3.8, 4) is 0 Å². The molecular weight excluding hydrogens is 376 g/mol. The second-order valence-corrected chi connectivity index (χ2v) is 9.68. The number of likely N-dealkylation sites (tertiary alicyclic amines) is 2. The van der Waals surface area contributed by atoms with Gasteiger partial charge in [0.1, 0.15) is 4.88 Å². The van der Waals surface area contributed by atoms with E-state index in [2.05, 4.69) is 22.1 Å². The number of fused-ring (bicyclic) bond motifs is 1. The summed E-state index contributed by atoms with van der Waals surface area (Å²) in [5.74, 6) is -0.0887. The van der Waals surface area contributed by atoms with Crippen molar-refractivity contribution >= 4 is 34.2 Å². The lowest BCUT2D eigenvalue weighted by atomic mass is 9.71. The normalized spacial score (nSPS) is 31.5. The van der Waals surface area contributed by atoms with E-state index in [-0.39, 0.29) is 41.3 Å². The summed E-state index contributed by atoms with van der Waals surface area (Å²) < 4.78 is 0. The predicted octanol–water partition coefficient (Wildman–Crippen LogP) is 2.80. The van der Waals surface area contributed by atoms with Crippen LogP contribution in [-0.4, -0.2) is 57.2 Å². The Kier molecular flexibility index (Phi) is 4.72. The van der Waals surface area contributed by atoms with Crippen molar-refractivity contribution < 1.29 is 14.4 Å². The molecule has 0 radical (unpaired) electrons. The molecule has 2 aliphatic heterocycles. The molecule has 4 rings (SSSR count). The molecule has 0 aromatic carbocycles. The van der Waals surface area contributed by atoms with Gasteiger partial charge in [-0.2, -0.15) is 0 Å². The van der Waals surface area contributed by atoms with Crippen LogP contribution in [0.5, 0.6) is 0 Å². The predicted molar refractivity (Wildman–Crippen MR) is 107 cm³/mol. The van der Waals surface area contributed by atoms with Gasteiger partial charge in [-0.1, -0.05) is 31.1 Å². The van der Waals surface area contributed by atoms with Crippen molar-refractivity contribution in [1.82, 2.24) is 14.8 Å². The van der Waals surface area contributed by atoms with Crippen LogP contribution >= 0.6 is 11.3 Å². The topological polar surface area (TPSA) is 82.6 Å². The third-order valence-electron chi connectivity index (χ3n) is 6.81. The van der Waals surface area contributed by atoms with Crippen LogP contribution in [0.2, 0.25) is 0 Å². The first-order valence-electron chi connectivity index (χ1n) is 10.1.